The molecule has 0 aliphatic carbocycles. The molecule has 0 saturated carbocycles. The molecular weight excluding hydrogens is 360 g/mol. The van der Waals surface area contributed by atoms with E-state index in [1.54, 1.807) is 16.8 Å². The van der Waals surface area contributed by atoms with E-state index in [1.807, 2.05) is 38.1 Å². The first kappa shape index (κ1) is 16.3. The van der Waals surface area contributed by atoms with Crippen molar-refractivity contribution in [3.8, 4) is 40.2 Å². The molecule has 2 aromatic carbocycles. The summed E-state index contributed by atoms with van der Waals surface area (Å²) in [6, 6.07) is 11.5. The summed E-state index contributed by atoms with van der Waals surface area (Å²) in [6.07, 6.45) is 0. The number of rotatable bonds is 3. The highest BCUT2D eigenvalue weighted by Gasteiger charge is 2.22. The number of hydrogen-bond donors (Lipinski definition) is 1. The van der Waals surface area contributed by atoms with Crippen LogP contribution in [0.1, 0.15) is 11.1 Å². The molecule has 0 bridgehead atoms. The smallest absolute Gasteiger partial charge is 0.282 e. The summed E-state index contributed by atoms with van der Waals surface area (Å²) < 4.78 is 17.7. The molecular formula is C19H16N6O3. The normalized spacial score (nSPS) is 12.5. The van der Waals surface area contributed by atoms with Crippen LogP contribution in [-0.4, -0.2) is 31.9 Å². The Morgan fingerprint density at radius 1 is 1.04 bits per heavy atom. The summed E-state index contributed by atoms with van der Waals surface area (Å²) in [5, 5.41) is 12.3. The van der Waals surface area contributed by atoms with Gasteiger partial charge in [0, 0.05) is 5.56 Å². The highest BCUT2D eigenvalue weighted by Crippen LogP contribution is 2.35. The van der Waals surface area contributed by atoms with Crippen LogP contribution < -0.4 is 15.2 Å². The molecule has 5 rings (SSSR count). The maximum Gasteiger partial charge on any atom is 0.282 e. The van der Waals surface area contributed by atoms with Crippen molar-refractivity contribution in [1.82, 2.24) is 25.1 Å². The molecule has 3 heterocycles. The molecule has 1 aliphatic heterocycles. The van der Waals surface area contributed by atoms with Gasteiger partial charge in [0.15, 0.2) is 23.0 Å². The van der Waals surface area contributed by atoms with Crippen LogP contribution in [0, 0.1) is 13.8 Å². The summed E-state index contributed by atoms with van der Waals surface area (Å²) in [7, 11) is 0. The number of benzene rings is 2. The molecule has 0 radical (unpaired) electrons. The van der Waals surface area contributed by atoms with Gasteiger partial charge in [-0.2, -0.15) is 9.67 Å². The molecule has 4 aromatic rings. The van der Waals surface area contributed by atoms with Crippen LogP contribution in [0.15, 0.2) is 40.9 Å². The Morgan fingerprint density at radius 3 is 2.79 bits per heavy atom. The van der Waals surface area contributed by atoms with Gasteiger partial charge in [0.2, 0.25) is 12.6 Å². The maximum absolute atomic E-state index is 6.28. The number of fused-ring (bicyclic) bond motifs is 1. The number of aryl methyl sites for hydroxylation is 2. The SMILES string of the molecule is Cc1ccc(C)c(-n2nnc(-c3nc(-c4ccc5c(c4)OCO5)no3)c2N)c1. The van der Waals surface area contributed by atoms with Crippen LogP contribution >= 0.6 is 0 Å². The third-order valence-corrected chi connectivity index (χ3v) is 4.56. The summed E-state index contributed by atoms with van der Waals surface area (Å²) in [5.74, 6) is 2.25. The lowest BCUT2D eigenvalue weighted by molar-refractivity contribution is 0.174. The Morgan fingerprint density at radius 2 is 1.89 bits per heavy atom. The minimum atomic E-state index is 0.196. The minimum absolute atomic E-state index is 0.196. The van der Waals surface area contributed by atoms with Crippen molar-refractivity contribution in [3.05, 3.63) is 47.5 Å². The van der Waals surface area contributed by atoms with Crippen LogP contribution in [0.3, 0.4) is 0 Å². The maximum atomic E-state index is 6.28. The van der Waals surface area contributed by atoms with Crippen molar-refractivity contribution in [1.29, 1.82) is 0 Å². The van der Waals surface area contributed by atoms with Crippen molar-refractivity contribution >= 4 is 5.82 Å². The van der Waals surface area contributed by atoms with Gasteiger partial charge in [0.05, 0.1) is 5.69 Å². The van der Waals surface area contributed by atoms with Gasteiger partial charge in [-0.15, -0.1) is 5.10 Å². The van der Waals surface area contributed by atoms with E-state index in [4.69, 9.17) is 19.7 Å². The molecule has 140 valence electrons. The summed E-state index contributed by atoms with van der Waals surface area (Å²) in [6.45, 7) is 4.20. The molecule has 0 spiro atoms. The first-order chi connectivity index (χ1) is 13.6. The van der Waals surface area contributed by atoms with Crippen LogP contribution in [0.2, 0.25) is 0 Å². The molecule has 9 heteroatoms. The average Bonchev–Trinajstić information content (AvgIpc) is 3.42. The zero-order chi connectivity index (χ0) is 19.3. The van der Waals surface area contributed by atoms with Gasteiger partial charge in [0.25, 0.3) is 5.89 Å². The van der Waals surface area contributed by atoms with E-state index in [-0.39, 0.29) is 12.7 Å². The second kappa shape index (κ2) is 6.08. The van der Waals surface area contributed by atoms with E-state index in [0.717, 1.165) is 22.4 Å². The largest absolute Gasteiger partial charge is 0.454 e. The Labute approximate surface area is 159 Å². The van der Waals surface area contributed by atoms with E-state index >= 15 is 0 Å². The molecule has 28 heavy (non-hydrogen) atoms. The van der Waals surface area contributed by atoms with E-state index < -0.39 is 0 Å². The van der Waals surface area contributed by atoms with E-state index in [0.29, 0.717) is 28.8 Å². The van der Waals surface area contributed by atoms with Crippen LogP contribution in [-0.2, 0) is 0 Å². The minimum Gasteiger partial charge on any atom is -0.454 e. The van der Waals surface area contributed by atoms with Crippen LogP contribution in [0.4, 0.5) is 5.82 Å². The number of anilines is 1. The van der Waals surface area contributed by atoms with Gasteiger partial charge >= 0.3 is 0 Å². The van der Waals surface area contributed by atoms with Crippen molar-refractivity contribution in [3.63, 3.8) is 0 Å². The zero-order valence-corrected chi connectivity index (χ0v) is 15.2. The van der Waals surface area contributed by atoms with Crippen molar-refractivity contribution in [2.75, 3.05) is 12.5 Å². The average molecular weight is 376 g/mol. The quantitative estimate of drug-likeness (QED) is 0.580. The molecule has 9 nitrogen and oxygen atoms in total. The number of nitrogen functional groups attached to an aromatic ring is 1. The first-order valence-corrected chi connectivity index (χ1v) is 8.63. The molecule has 2 N–H and O–H groups in total. The van der Waals surface area contributed by atoms with Gasteiger partial charge in [-0.25, -0.2) is 0 Å². The molecule has 0 fully saturated rings. The van der Waals surface area contributed by atoms with Crippen LogP contribution in [0.25, 0.3) is 28.7 Å². The Balaban J connectivity index is 1.52. The van der Waals surface area contributed by atoms with Crippen LogP contribution in [0.5, 0.6) is 11.5 Å². The van der Waals surface area contributed by atoms with Gasteiger partial charge in [-0.1, -0.05) is 22.5 Å². The van der Waals surface area contributed by atoms with Gasteiger partial charge < -0.3 is 19.7 Å². The lowest BCUT2D eigenvalue weighted by Gasteiger charge is -2.07. The van der Waals surface area contributed by atoms with Gasteiger partial charge in [0.1, 0.15) is 0 Å². The predicted molar refractivity (Wildman–Crippen MR) is 100 cm³/mol. The lowest BCUT2D eigenvalue weighted by atomic mass is 10.1. The Kier molecular flexibility index (Phi) is 3.54. The summed E-state index contributed by atoms with van der Waals surface area (Å²) in [5.41, 5.74) is 10.3. The molecule has 0 saturated heterocycles. The molecule has 0 atom stereocenters. The lowest BCUT2D eigenvalue weighted by Crippen LogP contribution is -2.04. The first-order valence-electron chi connectivity index (χ1n) is 8.63. The molecule has 2 aromatic heterocycles. The van der Waals surface area contributed by atoms with Crippen molar-refractivity contribution in [2.45, 2.75) is 13.8 Å². The number of nitrogens with two attached hydrogens (primary N) is 1. The van der Waals surface area contributed by atoms with E-state index in [1.165, 1.54) is 0 Å². The highest BCUT2D eigenvalue weighted by molar-refractivity contribution is 5.68. The molecule has 0 unspecified atom stereocenters. The highest BCUT2D eigenvalue weighted by atomic mass is 16.7. The fourth-order valence-electron chi connectivity index (χ4n) is 3.04. The van der Waals surface area contributed by atoms with E-state index in [2.05, 4.69) is 20.5 Å². The second-order valence-corrected chi connectivity index (χ2v) is 6.52. The summed E-state index contributed by atoms with van der Waals surface area (Å²) in [4.78, 5) is 4.41. The number of aromatic nitrogens is 5. The van der Waals surface area contributed by atoms with Crippen molar-refractivity contribution in [2.24, 2.45) is 0 Å². The van der Waals surface area contributed by atoms with Gasteiger partial charge in [-0.3, -0.25) is 0 Å². The van der Waals surface area contributed by atoms with Crippen molar-refractivity contribution < 1.29 is 14.0 Å². The fourth-order valence-corrected chi connectivity index (χ4v) is 3.04. The standard InChI is InChI=1S/C19H16N6O3/c1-10-3-4-11(2)13(7-10)25-17(20)16(22-24-25)19-21-18(23-28-19)12-5-6-14-15(8-12)27-9-26-14/h3-8H,9,20H2,1-2H3. The fraction of sp³-hybridized carbons (Fsp3) is 0.158. The molecule has 0 amide bonds. The van der Waals surface area contributed by atoms with Gasteiger partial charge in [-0.05, 0) is 49.2 Å². The Hall–Kier alpha value is -3.88. The zero-order valence-electron chi connectivity index (χ0n) is 15.2. The number of hydrogen-bond acceptors (Lipinski definition) is 8. The summed E-state index contributed by atoms with van der Waals surface area (Å²) >= 11 is 0. The Bertz CT molecular complexity index is 1200. The monoisotopic (exact) mass is 376 g/mol. The number of nitrogens with zero attached hydrogens (tertiary/aromatic N) is 5. The third kappa shape index (κ3) is 2.56. The molecule has 1 aliphatic rings. The second-order valence-electron chi connectivity index (χ2n) is 6.52. The number of ether oxygens (including phenoxy) is 2. The third-order valence-electron chi connectivity index (χ3n) is 4.56. The van der Waals surface area contributed by atoms with E-state index in [9.17, 15) is 0 Å². The predicted octanol–water partition coefficient (Wildman–Crippen LogP) is 2.91. The topological polar surface area (TPSA) is 114 Å².